The Morgan fingerprint density at radius 1 is 1.35 bits per heavy atom. The first-order valence-electron chi connectivity index (χ1n) is 6.90. The van der Waals surface area contributed by atoms with Crippen molar-refractivity contribution < 1.29 is 9.59 Å². The molecule has 2 amide bonds. The summed E-state index contributed by atoms with van der Waals surface area (Å²) in [5.41, 5.74) is 5.15. The zero-order valence-corrected chi connectivity index (χ0v) is 16.5. The second-order valence-electron chi connectivity index (χ2n) is 5.94. The third kappa shape index (κ3) is 7.48. The number of nitrogens with zero attached hydrogens (tertiary/aromatic N) is 1. The van der Waals surface area contributed by atoms with Crippen molar-refractivity contribution in [1.29, 1.82) is 0 Å². The number of amides is 2. The lowest BCUT2D eigenvalue weighted by Crippen LogP contribution is -2.50. The minimum Gasteiger partial charge on any atom is -0.346 e. The molecule has 1 atom stereocenters. The van der Waals surface area contributed by atoms with E-state index in [4.69, 9.17) is 5.73 Å². The van der Waals surface area contributed by atoms with Crippen molar-refractivity contribution in [1.82, 2.24) is 15.6 Å². The average molecular weight is 385 g/mol. The Morgan fingerprint density at radius 2 is 1.91 bits per heavy atom. The maximum absolute atomic E-state index is 11.9. The second kappa shape index (κ2) is 10.1. The van der Waals surface area contributed by atoms with Gasteiger partial charge in [0.25, 0.3) is 0 Å². The summed E-state index contributed by atoms with van der Waals surface area (Å²) in [5.74, 6) is -0.553. The number of hydrogen-bond acceptors (Lipinski definition) is 5. The molecule has 1 rings (SSSR count). The highest BCUT2D eigenvalue weighted by Crippen LogP contribution is 2.24. The highest BCUT2D eigenvalue weighted by Gasteiger charge is 2.26. The quantitative estimate of drug-likeness (QED) is 0.695. The molecule has 1 aromatic rings. The van der Waals surface area contributed by atoms with Crippen LogP contribution in [0.1, 0.15) is 37.6 Å². The second-order valence-corrected chi connectivity index (χ2v) is 7.17. The minimum absolute atomic E-state index is 0. The molecule has 0 aromatic carbocycles. The zero-order chi connectivity index (χ0) is 16.2. The normalized spacial score (nSPS) is 12.0. The van der Waals surface area contributed by atoms with Gasteiger partial charge in [-0.25, -0.2) is 4.98 Å². The van der Waals surface area contributed by atoms with Crippen LogP contribution in [0.25, 0.3) is 0 Å². The third-order valence-corrected chi connectivity index (χ3v) is 4.29. The standard InChI is InChI=1S/C14H24N4O2S.2ClH/c1-8(2)11(15)12(20)16-7-10(19)18-14(4,5)13-17-6-9(3)21-13;;/h6,8,11H,7,15H2,1-5H3,(H,16,20)(H,18,19);2*1H/t11-;;/m0../s1. The fraction of sp³-hybridized carbons (Fsp3) is 0.643. The molecule has 0 aliphatic rings. The van der Waals surface area contributed by atoms with Crippen molar-refractivity contribution in [3.8, 4) is 0 Å². The summed E-state index contributed by atoms with van der Waals surface area (Å²) in [7, 11) is 0. The molecular formula is C14H26Cl2N4O2S. The number of hydrogen-bond donors (Lipinski definition) is 3. The topological polar surface area (TPSA) is 97.1 Å². The van der Waals surface area contributed by atoms with Crippen LogP contribution in [-0.4, -0.2) is 29.4 Å². The molecule has 6 nitrogen and oxygen atoms in total. The Bertz CT molecular complexity index is 521. The summed E-state index contributed by atoms with van der Waals surface area (Å²) in [6.07, 6.45) is 1.78. The molecule has 0 bridgehead atoms. The molecule has 1 aromatic heterocycles. The molecule has 0 saturated heterocycles. The zero-order valence-electron chi connectivity index (χ0n) is 14.0. The molecule has 0 aliphatic heterocycles. The van der Waals surface area contributed by atoms with Gasteiger partial charge in [0.2, 0.25) is 11.8 Å². The molecule has 134 valence electrons. The van der Waals surface area contributed by atoms with Gasteiger partial charge in [-0.15, -0.1) is 36.2 Å². The van der Waals surface area contributed by atoms with Crippen molar-refractivity contribution >= 4 is 48.0 Å². The van der Waals surface area contributed by atoms with Crippen LogP contribution >= 0.6 is 36.2 Å². The lowest BCUT2D eigenvalue weighted by atomic mass is 10.1. The first-order chi connectivity index (χ1) is 9.63. The predicted molar refractivity (Wildman–Crippen MR) is 98.3 cm³/mol. The van der Waals surface area contributed by atoms with Crippen LogP contribution in [0.4, 0.5) is 0 Å². The van der Waals surface area contributed by atoms with Crippen LogP contribution in [0, 0.1) is 12.8 Å². The Labute approximate surface area is 153 Å². The van der Waals surface area contributed by atoms with E-state index in [2.05, 4.69) is 15.6 Å². The number of thiazole rings is 1. The Morgan fingerprint density at radius 3 is 2.35 bits per heavy atom. The van der Waals surface area contributed by atoms with Crippen molar-refractivity contribution in [3.05, 3.63) is 16.1 Å². The molecule has 0 spiro atoms. The van der Waals surface area contributed by atoms with E-state index < -0.39 is 11.6 Å². The predicted octanol–water partition coefficient (Wildman–Crippen LogP) is 1.75. The molecule has 1 heterocycles. The van der Waals surface area contributed by atoms with Gasteiger partial charge in [0.1, 0.15) is 5.01 Å². The van der Waals surface area contributed by atoms with Gasteiger partial charge in [0, 0.05) is 11.1 Å². The summed E-state index contributed by atoms with van der Waals surface area (Å²) < 4.78 is 0. The third-order valence-electron chi connectivity index (χ3n) is 3.05. The van der Waals surface area contributed by atoms with Crippen molar-refractivity contribution in [2.45, 2.75) is 46.2 Å². The molecule has 0 fully saturated rings. The maximum Gasteiger partial charge on any atom is 0.240 e. The van der Waals surface area contributed by atoms with E-state index in [1.165, 1.54) is 11.3 Å². The van der Waals surface area contributed by atoms with E-state index in [0.717, 1.165) is 9.88 Å². The van der Waals surface area contributed by atoms with Gasteiger partial charge < -0.3 is 16.4 Å². The SMILES string of the molecule is Cc1cnc(C(C)(C)NC(=O)CNC(=O)[C@@H](N)C(C)C)s1.Cl.Cl. The summed E-state index contributed by atoms with van der Waals surface area (Å²) in [5, 5.41) is 6.24. The van der Waals surface area contributed by atoms with Crippen LogP contribution in [0.5, 0.6) is 0 Å². The Hall–Kier alpha value is -0.890. The van der Waals surface area contributed by atoms with Gasteiger partial charge in [0.05, 0.1) is 18.1 Å². The van der Waals surface area contributed by atoms with Crippen molar-refractivity contribution in [3.63, 3.8) is 0 Å². The molecular weight excluding hydrogens is 359 g/mol. The van der Waals surface area contributed by atoms with Gasteiger partial charge in [-0.1, -0.05) is 13.8 Å². The first-order valence-corrected chi connectivity index (χ1v) is 7.72. The summed E-state index contributed by atoms with van der Waals surface area (Å²) in [6, 6.07) is -0.604. The molecule has 0 saturated carbocycles. The fourth-order valence-corrected chi connectivity index (χ4v) is 2.50. The van der Waals surface area contributed by atoms with Crippen LogP contribution in [0.3, 0.4) is 0 Å². The van der Waals surface area contributed by atoms with Gasteiger partial charge >= 0.3 is 0 Å². The minimum atomic E-state index is -0.604. The number of carbonyl (C=O) groups is 2. The molecule has 0 aliphatic carbocycles. The first kappa shape index (κ1) is 24.4. The molecule has 23 heavy (non-hydrogen) atoms. The van der Waals surface area contributed by atoms with E-state index in [0.29, 0.717) is 0 Å². The summed E-state index contributed by atoms with van der Waals surface area (Å²) in [6.45, 7) is 9.35. The summed E-state index contributed by atoms with van der Waals surface area (Å²) in [4.78, 5) is 29.0. The summed E-state index contributed by atoms with van der Waals surface area (Å²) >= 11 is 1.54. The van der Waals surface area contributed by atoms with Crippen molar-refractivity contribution in [2.24, 2.45) is 11.7 Å². The lowest BCUT2D eigenvalue weighted by Gasteiger charge is -2.24. The fourth-order valence-electron chi connectivity index (χ4n) is 1.68. The lowest BCUT2D eigenvalue weighted by molar-refractivity contribution is -0.128. The monoisotopic (exact) mass is 384 g/mol. The number of nitrogens with one attached hydrogen (secondary N) is 2. The number of aryl methyl sites for hydroxylation is 1. The van der Waals surface area contributed by atoms with E-state index in [1.54, 1.807) is 6.20 Å². The van der Waals surface area contributed by atoms with Crippen LogP contribution in [0.2, 0.25) is 0 Å². The van der Waals surface area contributed by atoms with E-state index in [-0.39, 0.29) is 49.1 Å². The number of nitrogens with two attached hydrogens (primary N) is 1. The van der Waals surface area contributed by atoms with Crippen molar-refractivity contribution in [2.75, 3.05) is 6.54 Å². The average Bonchev–Trinajstić information content (AvgIpc) is 2.82. The van der Waals surface area contributed by atoms with E-state index in [9.17, 15) is 9.59 Å². The molecule has 4 N–H and O–H groups in total. The Balaban J connectivity index is 0. The molecule has 0 radical (unpaired) electrons. The van der Waals surface area contributed by atoms with Gasteiger partial charge in [0.15, 0.2) is 0 Å². The van der Waals surface area contributed by atoms with Gasteiger partial charge in [-0.3, -0.25) is 9.59 Å². The van der Waals surface area contributed by atoms with Crippen LogP contribution in [0.15, 0.2) is 6.20 Å². The largest absolute Gasteiger partial charge is 0.346 e. The van der Waals surface area contributed by atoms with E-state index >= 15 is 0 Å². The van der Waals surface area contributed by atoms with Gasteiger partial charge in [-0.05, 0) is 26.7 Å². The number of carbonyl (C=O) groups excluding carboxylic acids is 2. The Kier molecular flexibility index (Phi) is 10.7. The maximum atomic E-state index is 11.9. The molecule has 9 heteroatoms. The molecule has 0 unspecified atom stereocenters. The van der Waals surface area contributed by atoms with Gasteiger partial charge in [-0.2, -0.15) is 0 Å². The highest BCUT2D eigenvalue weighted by molar-refractivity contribution is 7.11. The number of rotatable bonds is 6. The smallest absolute Gasteiger partial charge is 0.240 e. The number of aromatic nitrogens is 1. The number of halogens is 2. The van der Waals surface area contributed by atoms with E-state index in [1.807, 2.05) is 34.6 Å². The van der Waals surface area contributed by atoms with Crippen LogP contribution < -0.4 is 16.4 Å². The highest BCUT2D eigenvalue weighted by atomic mass is 35.5. The van der Waals surface area contributed by atoms with Crippen LogP contribution in [-0.2, 0) is 15.1 Å².